The zero-order chi connectivity index (χ0) is 20.4. The van der Waals surface area contributed by atoms with Gasteiger partial charge < -0.3 is 19.3 Å². The molecule has 0 amide bonds. The first kappa shape index (κ1) is 19.8. The van der Waals surface area contributed by atoms with E-state index < -0.39 is 10.0 Å². The third kappa shape index (κ3) is 4.41. The molecular formula is C18H24N6O4S. The van der Waals surface area contributed by atoms with Gasteiger partial charge in [-0.2, -0.15) is 15.0 Å². The molecule has 0 radical (unpaired) electrons. The Morgan fingerprint density at radius 1 is 1.14 bits per heavy atom. The van der Waals surface area contributed by atoms with Crippen molar-refractivity contribution in [3.05, 3.63) is 29.6 Å². The van der Waals surface area contributed by atoms with E-state index in [1.54, 1.807) is 23.1 Å². The highest BCUT2D eigenvalue weighted by molar-refractivity contribution is 7.89. The third-order valence-corrected chi connectivity index (χ3v) is 6.14. The topological polar surface area (TPSA) is 110 Å². The van der Waals surface area contributed by atoms with E-state index >= 15 is 0 Å². The Hall–Kier alpha value is -2.50. The van der Waals surface area contributed by atoms with Crippen LogP contribution in [0.3, 0.4) is 0 Å². The van der Waals surface area contributed by atoms with Gasteiger partial charge in [-0.15, -0.1) is 0 Å². The fourth-order valence-electron chi connectivity index (χ4n) is 3.15. The van der Waals surface area contributed by atoms with Crippen molar-refractivity contribution < 1.29 is 17.9 Å². The van der Waals surface area contributed by atoms with Crippen LogP contribution >= 0.6 is 0 Å². The summed E-state index contributed by atoms with van der Waals surface area (Å²) in [7, 11) is -0.0394. The second-order valence-corrected chi connectivity index (χ2v) is 8.80. The average molecular weight is 420 g/mol. The number of anilines is 2. The standard InChI is InChI=1S/C18H24N6O4S/c1-23(2)17-20-16(21-18(22-17)24-6-9-27-10-7-24)12-19-29(25,26)14-3-4-15-13(11-14)5-8-28-15/h3-4,11,19H,5-10,12H2,1-2H3. The Morgan fingerprint density at radius 3 is 2.69 bits per heavy atom. The van der Waals surface area contributed by atoms with Gasteiger partial charge in [-0.25, -0.2) is 13.1 Å². The fourth-order valence-corrected chi connectivity index (χ4v) is 4.18. The number of benzene rings is 1. The highest BCUT2D eigenvalue weighted by Crippen LogP contribution is 2.27. The van der Waals surface area contributed by atoms with Crippen LogP contribution in [0.15, 0.2) is 23.1 Å². The molecule has 0 unspecified atom stereocenters. The first-order valence-electron chi connectivity index (χ1n) is 9.43. The van der Waals surface area contributed by atoms with Crippen molar-refractivity contribution in [1.29, 1.82) is 0 Å². The number of nitrogens with zero attached hydrogens (tertiary/aromatic N) is 5. The molecule has 1 N–H and O–H groups in total. The zero-order valence-electron chi connectivity index (χ0n) is 16.5. The summed E-state index contributed by atoms with van der Waals surface area (Å²) in [5, 5.41) is 0. The minimum atomic E-state index is -3.70. The van der Waals surface area contributed by atoms with Gasteiger partial charge in [0, 0.05) is 33.6 Å². The van der Waals surface area contributed by atoms with Crippen LogP contribution in [0.5, 0.6) is 5.75 Å². The maximum Gasteiger partial charge on any atom is 0.240 e. The number of fused-ring (bicyclic) bond motifs is 1. The van der Waals surface area contributed by atoms with E-state index in [9.17, 15) is 8.42 Å². The molecule has 3 heterocycles. The molecule has 2 aromatic rings. The van der Waals surface area contributed by atoms with Crippen molar-refractivity contribution in [1.82, 2.24) is 19.7 Å². The van der Waals surface area contributed by atoms with E-state index in [1.165, 1.54) is 0 Å². The van der Waals surface area contributed by atoms with Crippen LogP contribution in [0, 0.1) is 0 Å². The number of hydrogen-bond acceptors (Lipinski definition) is 9. The molecule has 2 aliphatic rings. The molecule has 2 aliphatic heterocycles. The lowest BCUT2D eigenvalue weighted by molar-refractivity contribution is 0.122. The Labute approximate surface area is 169 Å². The molecule has 156 valence electrons. The lowest BCUT2D eigenvalue weighted by atomic mass is 10.2. The molecule has 4 rings (SSSR count). The van der Waals surface area contributed by atoms with E-state index in [0.29, 0.717) is 57.1 Å². The Balaban J connectivity index is 1.54. The lowest BCUT2D eigenvalue weighted by Crippen LogP contribution is -2.38. The van der Waals surface area contributed by atoms with Gasteiger partial charge in [0.25, 0.3) is 0 Å². The molecule has 0 saturated carbocycles. The SMILES string of the molecule is CN(C)c1nc(CNS(=O)(=O)c2ccc3c(c2)CCO3)nc(N2CCOCC2)n1. The number of nitrogens with one attached hydrogen (secondary N) is 1. The maximum atomic E-state index is 12.8. The minimum absolute atomic E-state index is 0.0311. The van der Waals surface area contributed by atoms with Crippen molar-refractivity contribution in [3.63, 3.8) is 0 Å². The summed E-state index contributed by atoms with van der Waals surface area (Å²) in [6.07, 6.45) is 0.710. The van der Waals surface area contributed by atoms with E-state index in [0.717, 1.165) is 11.3 Å². The Kier molecular flexibility index (Phi) is 5.52. The Bertz CT molecular complexity index is 992. The van der Waals surface area contributed by atoms with E-state index in [-0.39, 0.29) is 11.4 Å². The Morgan fingerprint density at radius 2 is 1.93 bits per heavy atom. The highest BCUT2D eigenvalue weighted by Gasteiger charge is 2.21. The molecule has 1 aromatic heterocycles. The monoisotopic (exact) mass is 420 g/mol. The summed E-state index contributed by atoms with van der Waals surface area (Å²) in [5.74, 6) is 2.10. The van der Waals surface area contributed by atoms with E-state index in [1.807, 2.05) is 19.0 Å². The maximum absolute atomic E-state index is 12.8. The van der Waals surface area contributed by atoms with Crippen LogP contribution in [-0.2, 0) is 27.7 Å². The molecule has 29 heavy (non-hydrogen) atoms. The largest absolute Gasteiger partial charge is 0.493 e. The van der Waals surface area contributed by atoms with Crippen LogP contribution in [0.1, 0.15) is 11.4 Å². The predicted octanol–water partition coefficient (Wildman–Crippen LogP) is 0.188. The second-order valence-electron chi connectivity index (χ2n) is 7.04. The van der Waals surface area contributed by atoms with Crippen LogP contribution in [0.2, 0.25) is 0 Å². The molecule has 0 atom stereocenters. The zero-order valence-corrected chi connectivity index (χ0v) is 17.3. The first-order valence-corrected chi connectivity index (χ1v) is 10.9. The molecule has 11 heteroatoms. The number of rotatable bonds is 6. The second kappa shape index (κ2) is 8.09. The fraction of sp³-hybridized carbons (Fsp3) is 0.500. The minimum Gasteiger partial charge on any atom is -0.493 e. The summed E-state index contributed by atoms with van der Waals surface area (Å²) in [6, 6.07) is 4.90. The summed E-state index contributed by atoms with van der Waals surface area (Å²) in [5.41, 5.74) is 0.900. The predicted molar refractivity (Wildman–Crippen MR) is 107 cm³/mol. The van der Waals surface area contributed by atoms with Crippen molar-refractivity contribution >= 4 is 21.9 Å². The van der Waals surface area contributed by atoms with Gasteiger partial charge in [0.2, 0.25) is 21.9 Å². The molecule has 10 nitrogen and oxygen atoms in total. The molecule has 0 bridgehead atoms. The van der Waals surface area contributed by atoms with Gasteiger partial charge in [0.15, 0.2) is 5.82 Å². The van der Waals surface area contributed by atoms with Crippen LogP contribution in [0.25, 0.3) is 0 Å². The van der Waals surface area contributed by atoms with Crippen LogP contribution in [0.4, 0.5) is 11.9 Å². The first-order chi connectivity index (χ1) is 13.9. The average Bonchev–Trinajstić information content (AvgIpc) is 3.21. The quantitative estimate of drug-likeness (QED) is 0.700. The molecule has 1 aromatic carbocycles. The molecule has 0 spiro atoms. The van der Waals surface area contributed by atoms with Gasteiger partial charge in [-0.1, -0.05) is 0 Å². The molecule has 0 aliphatic carbocycles. The van der Waals surface area contributed by atoms with Gasteiger partial charge in [0.1, 0.15) is 5.75 Å². The summed E-state index contributed by atoms with van der Waals surface area (Å²) >= 11 is 0. The number of ether oxygens (including phenoxy) is 2. The van der Waals surface area contributed by atoms with Crippen molar-refractivity contribution in [3.8, 4) is 5.75 Å². The molecular weight excluding hydrogens is 396 g/mol. The lowest BCUT2D eigenvalue weighted by Gasteiger charge is -2.27. The van der Waals surface area contributed by atoms with Gasteiger partial charge in [-0.05, 0) is 23.8 Å². The normalized spacial score (nSPS) is 16.4. The van der Waals surface area contributed by atoms with Crippen molar-refractivity contribution in [2.24, 2.45) is 0 Å². The smallest absolute Gasteiger partial charge is 0.240 e. The van der Waals surface area contributed by atoms with Gasteiger partial charge in [-0.3, -0.25) is 0 Å². The molecule has 1 fully saturated rings. The van der Waals surface area contributed by atoms with Crippen molar-refractivity contribution in [2.75, 3.05) is 56.8 Å². The van der Waals surface area contributed by atoms with E-state index in [2.05, 4.69) is 19.7 Å². The number of morpholine rings is 1. The van der Waals surface area contributed by atoms with E-state index in [4.69, 9.17) is 9.47 Å². The highest BCUT2D eigenvalue weighted by atomic mass is 32.2. The summed E-state index contributed by atoms with van der Waals surface area (Å²) < 4.78 is 38.9. The number of sulfonamides is 1. The summed E-state index contributed by atoms with van der Waals surface area (Å²) in [4.78, 5) is 17.3. The third-order valence-electron chi connectivity index (χ3n) is 4.74. The van der Waals surface area contributed by atoms with Crippen LogP contribution in [-0.4, -0.2) is 70.4 Å². The van der Waals surface area contributed by atoms with Crippen LogP contribution < -0.4 is 19.3 Å². The van der Waals surface area contributed by atoms with Crippen molar-refractivity contribution in [2.45, 2.75) is 17.9 Å². The van der Waals surface area contributed by atoms with Gasteiger partial charge in [0.05, 0.1) is 31.3 Å². The number of aromatic nitrogens is 3. The molecule has 1 saturated heterocycles. The van der Waals surface area contributed by atoms with Gasteiger partial charge >= 0.3 is 0 Å². The number of hydrogen-bond donors (Lipinski definition) is 1. The summed E-state index contributed by atoms with van der Waals surface area (Å²) in [6.45, 7) is 3.11.